The van der Waals surface area contributed by atoms with Crippen molar-refractivity contribution < 1.29 is 23.4 Å². The molecule has 0 radical (unpaired) electrons. The molecule has 37 heavy (non-hydrogen) atoms. The summed E-state index contributed by atoms with van der Waals surface area (Å²) in [6, 6.07) is 15.5. The molecule has 7 nitrogen and oxygen atoms in total. The molecule has 192 valence electrons. The maximum atomic E-state index is 14.8. The van der Waals surface area contributed by atoms with Crippen molar-refractivity contribution in [2.75, 3.05) is 26.8 Å². The lowest BCUT2D eigenvalue weighted by Crippen LogP contribution is -2.40. The van der Waals surface area contributed by atoms with E-state index in [9.17, 15) is 18.7 Å². The fourth-order valence-corrected chi connectivity index (χ4v) is 4.69. The molecule has 0 saturated heterocycles. The second-order valence-corrected chi connectivity index (χ2v) is 9.16. The number of hydrogen-bond acceptors (Lipinski definition) is 7. The Hall–Kier alpha value is -3.47. The predicted octanol–water partition coefficient (Wildman–Crippen LogP) is 4.14. The molecule has 1 aromatic heterocycles. The number of rotatable bonds is 9. The Morgan fingerprint density at radius 2 is 1.92 bits per heavy atom. The lowest BCUT2D eigenvalue weighted by molar-refractivity contribution is -0.136. The average Bonchev–Trinajstić information content (AvgIpc) is 2.89. The van der Waals surface area contributed by atoms with Gasteiger partial charge in [-0.25, -0.2) is 18.6 Å². The standard InChI is InChI=1S/C27H25BrF2N4O3/c1-37-27(36)23-22(16-34(12-13-35)15-17-6-3-2-4-7-17)32-26(25-21(30)8-5-11-31-25)33-24(23)19-10-9-18(29)14-20(19)28/h2-11,14,24,35H,12-13,15-16H2,1H3,(H,32,33). The molecule has 4 rings (SSSR count). The molecule has 0 bridgehead atoms. The summed E-state index contributed by atoms with van der Waals surface area (Å²) < 4.78 is 34.2. The minimum atomic E-state index is -0.942. The molecule has 0 spiro atoms. The van der Waals surface area contributed by atoms with Gasteiger partial charge < -0.3 is 15.2 Å². The maximum absolute atomic E-state index is 14.8. The van der Waals surface area contributed by atoms with Gasteiger partial charge in [-0.2, -0.15) is 0 Å². The summed E-state index contributed by atoms with van der Waals surface area (Å²) in [5, 5.41) is 12.8. The lowest BCUT2D eigenvalue weighted by Gasteiger charge is -2.31. The van der Waals surface area contributed by atoms with Crippen LogP contribution in [0.5, 0.6) is 0 Å². The van der Waals surface area contributed by atoms with Crippen LogP contribution in [-0.4, -0.2) is 53.6 Å². The Kier molecular flexibility index (Phi) is 8.75. The molecule has 0 amide bonds. The molecule has 10 heteroatoms. The van der Waals surface area contributed by atoms with Crippen molar-refractivity contribution in [3.05, 3.63) is 111 Å². The monoisotopic (exact) mass is 570 g/mol. The largest absolute Gasteiger partial charge is 0.466 e. The summed E-state index contributed by atoms with van der Waals surface area (Å²) in [6.07, 6.45) is 1.44. The van der Waals surface area contributed by atoms with Gasteiger partial charge in [-0.3, -0.25) is 9.89 Å². The number of methoxy groups -OCH3 is 1. The molecule has 2 heterocycles. The first-order valence-corrected chi connectivity index (χ1v) is 12.3. The fourth-order valence-electron chi connectivity index (χ4n) is 4.12. The lowest BCUT2D eigenvalue weighted by atomic mass is 9.95. The fraction of sp³-hybridized carbons (Fsp3) is 0.222. The third-order valence-corrected chi connectivity index (χ3v) is 6.50. The number of aliphatic hydroxyl groups is 1. The number of nitrogens with one attached hydrogen (secondary N) is 1. The van der Waals surface area contributed by atoms with Gasteiger partial charge in [0.2, 0.25) is 0 Å². The number of halogens is 3. The minimum absolute atomic E-state index is 0.0242. The van der Waals surface area contributed by atoms with Crippen LogP contribution in [0.4, 0.5) is 8.78 Å². The molecule has 0 fully saturated rings. The number of ether oxygens (including phenoxy) is 1. The van der Waals surface area contributed by atoms with E-state index in [1.165, 1.54) is 43.6 Å². The Morgan fingerprint density at radius 1 is 1.14 bits per heavy atom. The Balaban J connectivity index is 1.83. The van der Waals surface area contributed by atoms with Crippen molar-refractivity contribution in [1.82, 2.24) is 15.2 Å². The average molecular weight is 571 g/mol. The highest BCUT2D eigenvalue weighted by atomic mass is 79.9. The highest BCUT2D eigenvalue weighted by Gasteiger charge is 2.34. The molecule has 1 aliphatic heterocycles. The summed E-state index contributed by atoms with van der Waals surface area (Å²) in [7, 11) is 1.26. The second kappa shape index (κ2) is 12.2. The number of esters is 1. The highest BCUT2D eigenvalue weighted by Crippen LogP contribution is 2.37. The number of benzene rings is 2. The number of hydrogen-bond donors (Lipinski definition) is 2. The molecule has 1 aliphatic rings. The Bertz CT molecular complexity index is 1330. The highest BCUT2D eigenvalue weighted by molar-refractivity contribution is 9.10. The molecule has 2 N–H and O–H groups in total. The van der Waals surface area contributed by atoms with Gasteiger partial charge in [-0.1, -0.05) is 52.3 Å². The van der Waals surface area contributed by atoms with Gasteiger partial charge in [-0.15, -0.1) is 0 Å². The zero-order valence-corrected chi connectivity index (χ0v) is 21.6. The summed E-state index contributed by atoms with van der Waals surface area (Å²) in [4.78, 5) is 23.8. The van der Waals surface area contributed by atoms with Crippen LogP contribution in [0.15, 0.2) is 87.6 Å². The first kappa shape index (κ1) is 26.6. The predicted molar refractivity (Wildman–Crippen MR) is 139 cm³/mol. The number of carbonyl (C=O) groups is 1. The van der Waals surface area contributed by atoms with Crippen LogP contribution in [0, 0.1) is 11.6 Å². The number of aromatic nitrogens is 1. The number of aliphatic hydroxyl groups excluding tert-OH is 1. The van der Waals surface area contributed by atoms with Gasteiger partial charge in [0.05, 0.1) is 19.3 Å². The molecule has 0 saturated carbocycles. The van der Waals surface area contributed by atoms with Gasteiger partial charge in [-0.05, 0) is 35.4 Å². The molecule has 1 unspecified atom stereocenters. The number of aliphatic imine (C=N–C) groups is 1. The van der Waals surface area contributed by atoms with E-state index in [0.29, 0.717) is 28.8 Å². The topological polar surface area (TPSA) is 87.0 Å². The van der Waals surface area contributed by atoms with E-state index in [1.807, 2.05) is 35.2 Å². The molecule has 1 atom stereocenters. The van der Waals surface area contributed by atoms with Crippen LogP contribution >= 0.6 is 15.9 Å². The number of pyridine rings is 1. The molecular formula is C27H25BrF2N4O3. The van der Waals surface area contributed by atoms with Gasteiger partial charge in [0.1, 0.15) is 17.6 Å². The van der Waals surface area contributed by atoms with Crippen molar-refractivity contribution in [2.45, 2.75) is 12.6 Å². The Labute approximate surface area is 221 Å². The van der Waals surface area contributed by atoms with E-state index in [0.717, 1.165) is 5.56 Å². The van der Waals surface area contributed by atoms with Crippen LogP contribution in [0.25, 0.3) is 0 Å². The molecule has 0 aliphatic carbocycles. The third-order valence-electron chi connectivity index (χ3n) is 5.82. The van der Waals surface area contributed by atoms with Crippen LogP contribution in [0.2, 0.25) is 0 Å². The van der Waals surface area contributed by atoms with Gasteiger partial charge in [0, 0.05) is 36.0 Å². The second-order valence-electron chi connectivity index (χ2n) is 8.31. The smallest absolute Gasteiger partial charge is 0.338 e. The van der Waals surface area contributed by atoms with Gasteiger partial charge >= 0.3 is 5.97 Å². The number of carbonyl (C=O) groups excluding carboxylic acids is 1. The zero-order valence-electron chi connectivity index (χ0n) is 20.0. The van der Waals surface area contributed by atoms with Crippen LogP contribution in [0.3, 0.4) is 0 Å². The number of nitrogens with zero attached hydrogens (tertiary/aromatic N) is 3. The van der Waals surface area contributed by atoms with Crippen molar-refractivity contribution >= 4 is 27.7 Å². The van der Waals surface area contributed by atoms with Crippen molar-refractivity contribution in [1.29, 1.82) is 0 Å². The van der Waals surface area contributed by atoms with Crippen LogP contribution < -0.4 is 5.32 Å². The van der Waals surface area contributed by atoms with E-state index in [2.05, 4.69) is 31.2 Å². The van der Waals surface area contributed by atoms with Crippen molar-refractivity contribution in [3.8, 4) is 0 Å². The summed E-state index contributed by atoms with van der Waals surface area (Å²) >= 11 is 3.37. The van der Waals surface area contributed by atoms with Crippen molar-refractivity contribution in [3.63, 3.8) is 0 Å². The summed E-state index contributed by atoms with van der Waals surface area (Å²) in [5.74, 6) is -1.59. The van der Waals surface area contributed by atoms with E-state index >= 15 is 0 Å². The van der Waals surface area contributed by atoms with Crippen LogP contribution in [0.1, 0.15) is 22.9 Å². The minimum Gasteiger partial charge on any atom is -0.466 e. The van der Waals surface area contributed by atoms with E-state index in [-0.39, 0.29) is 30.3 Å². The quantitative estimate of drug-likeness (QED) is 0.376. The van der Waals surface area contributed by atoms with Gasteiger partial charge in [0.25, 0.3) is 0 Å². The molecule has 2 aromatic carbocycles. The third kappa shape index (κ3) is 6.27. The van der Waals surface area contributed by atoms with E-state index in [4.69, 9.17) is 4.74 Å². The SMILES string of the molecule is COC(=O)C1=C(CN(CCO)Cc2ccccc2)NC(c2ncccc2F)=NC1c1ccc(F)cc1Br. The summed E-state index contributed by atoms with van der Waals surface area (Å²) in [6.45, 7) is 0.860. The van der Waals surface area contributed by atoms with Crippen molar-refractivity contribution in [2.24, 2.45) is 4.99 Å². The molecule has 3 aromatic rings. The maximum Gasteiger partial charge on any atom is 0.338 e. The normalized spacial score (nSPS) is 15.4. The molecular weight excluding hydrogens is 546 g/mol. The first-order chi connectivity index (χ1) is 17.9. The first-order valence-electron chi connectivity index (χ1n) is 11.5. The zero-order chi connectivity index (χ0) is 26.4. The number of amidine groups is 1. The van der Waals surface area contributed by atoms with Gasteiger partial charge in [0.15, 0.2) is 11.7 Å². The van der Waals surface area contributed by atoms with Crippen LogP contribution in [-0.2, 0) is 16.1 Å². The Morgan fingerprint density at radius 3 is 2.59 bits per heavy atom. The van der Waals surface area contributed by atoms with E-state index in [1.54, 1.807) is 0 Å². The summed E-state index contributed by atoms with van der Waals surface area (Å²) in [5.41, 5.74) is 2.07. The van der Waals surface area contributed by atoms with E-state index < -0.39 is 23.6 Å².